The molecule has 0 aliphatic carbocycles. The van der Waals surface area contributed by atoms with E-state index in [1.54, 1.807) is 17.5 Å². The van der Waals surface area contributed by atoms with Crippen LogP contribution in [-0.4, -0.2) is 58.0 Å². The van der Waals surface area contributed by atoms with Gasteiger partial charge in [0.2, 0.25) is 5.91 Å². The van der Waals surface area contributed by atoms with E-state index >= 15 is 0 Å². The molecule has 0 aromatic carbocycles. The van der Waals surface area contributed by atoms with Crippen molar-refractivity contribution in [2.24, 2.45) is 0 Å². The van der Waals surface area contributed by atoms with Crippen molar-refractivity contribution in [2.75, 3.05) is 31.1 Å². The van der Waals surface area contributed by atoms with Crippen LogP contribution < -0.4 is 4.90 Å². The molecule has 0 unspecified atom stereocenters. The minimum Gasteiger partial charge on any atom is -0.476 e. The number of thiophene rings is 1. The summed E-state index contributed by atoms with van der Waals surface area (Å²) < 4.78 is 0. The van der Waals surface area contributed by atoms with Crippen LogP contribution in [0.1, 0.15) is 22.5 Å². The van der Waals surface area contributed by atoms with Crippen LogP contribution in [0.15, 0.2) is 29.2 Å². The second kappa shape index (κ2) is 7.39. The Bertz CT molecular complexity index is 720. The summed E-state index contributed by atoms with van der Waals surface area (Å²) in [5.74, 6) is -0.422. The molecular formula is C16H18N4O3S. The molecule has 1 aliphatic rings. The van der Waals surface area contributed by atoms with Crippen molar-refractivity contribution in [3.63, 3.8) is 0 Å². The van der Waals surface area contributed by atoms with Gasteiger partial charge in [0, 0.05) is 26.2 Å². The molecule has 1 amide bonds. The minimum atomic E-state index is -1.09. The SMILES string of the molecule is O=C(O)c1cncc(N2CCCN(C(=O)Cc3ccsc3)CC2)n1. The summed E-state index contributed by atoms with van der Waals surface area (Å²) in [6, 6.07) is 1.97. The van der Waals surface area contributed by atoms with Crippen molar-refractivity contribution in [3.8, 4) is 0 Å². The van der Waals surface area contributed by atoms with Gasteiger partial charge in [0.15, 0.2) is 5.69 Å². The molecule has 0 saturated carbocycles. The Labute approximate surface area is 143 Å². The molecule has 3 rings (SSSR count). The lowest BCUT2D eigenvalue weighted by Gasteiger charge is -2.22. The molecule has 0 bridgehead atoms. The molecule has 8 heteroatoms. The molecule has 24 heavy (non-hydrogen) atoms. The highest BCUT2D eigenvalue weighted by molar-refractivity contribution is 7.08. The molecule has 1 N–H and O–H groups in total. The highest BCUT2D eigenvalue weighted by Crippen LogP contribution is 2.15. The summed E-state index contributed by atoms with van der Waals surface area (Å²) >= 11 is 1.59. The van der Waals surface area contributed by atoms with E-state index in [4.69, 9.17) is 5.11 Å². The Morgan fingerprint density at radius 2 is 2.08 bits per heavy atom. The number of rotatable bonds is 4. The van der Waals surface area contributed by atoms with Gasteiger partial charge in [-0.25, -0.2) is 9.78 Å². The maximum Gasteiger partial charge on any atom is 0.356 e. The van der Waals surface area contributed by atoms with Gasteiger partial charge < -0.3 is 14.9 Å². The Kier molecular flexibility index (Phi) is 5.05. The molecule has 2 aromatic heterocycles. The summed E-state index contributed by atoms with van der Waals surface area (Å²) in [6.45, 7) is 2.64. The van der Waals surface area contributed by atoms with Gasteiger partial charge in [-0.15, -0.1) is 0 Å². The highest BCUT2D eigenvalue weighted by Gasteiger charge is 2.21. The van der Waals surface area contributed by atoms with E-state index in [2.05, 4.69) is 9.97 Å². The zero-order chi connectivity index (χ0) is 16.9. The lowest BCUT2D eigenvalue weighted by Crippen LogP contribution is -2.36. The van der Waals surface area contributed by atoms with Crippen molar-refractivity contribution in [1.29, 1.82) is 0 Å². The van der Waals surface area contributed by atoms with Gasteiger partial charge in [-0.1, -0.05) is 0 Å². The predicted molar refractivity (Wildman–Crippen MR) is 90.4 cm³/mol. The molecule has 126 valence electrons. The van der Waals surface area contributed by atoms with Crippen molar-refractivity contribution >= 4 is 29.0 Å². The van der Waals surface area contributed by atoms with E-state index in [1.165, 1.54) is 6.20 Å². The summed E-state index contributed by atoms with van der Waals surface area (Å²) in [7, 11) is 0. The van der Waals surface area contributed by atoms with Crippen LogP contribution in [0.5, 0.6) is 0 Å². The predicted octanol–water partition coefficient (Wildman–Crippen LogP) is 1.52. The van der Waals surface area contributed by atoms with Crippen LogP contribution in [0, 0.1) is 0 Å². The van der Waals surface area contributed by atoms with Gasteiger partial charge in [-0.05, 0) is 28.8 Å². The summed E-state index contributed by atoms with van der Waals surface area (Å²) in [5.41, 5.74) is 0.980. The topological polar surface area (TPSA) is 86.6 Å². The molecule has 1 saturated heterocycles. The average molecular weight is 346 g/mol. The highest BCUT2D eigenvalue weighted by atomic mass is 32.1. The number of amides is 1. The number of hydrogen-bond acceptors (Lipinski definition) is 6. The Hall–Kier alpha value is -2.48. The fourth-order valence-electron chi connectivity index (χ4n) is 2.69. The van der Waals surface area contributed by atoms with Crippen LogP contribution in [0.3, 0.4) is 0 Å². The monoisotopic (exact) mass is 346 g/mol. The lowest BCUT2D eigenvalue weighted by molar-refractivity contribution is -0.130. The molecule has 3 heterocycles. The molecular weight excluding hydrogens is 328 g/mol. The number of aromatic carboxylic acids is 1. The summed E-state index contributed by atoms with van der Waals surface area (Å²) in [6.07, 6.45) is 4.04. The second-order valence-corrected chi connectivity index (χ2v) is 6.38. The third kappa shape index (κ3) is 3.88. The number of nitrogens with zero attached hydrogens (tertiary/aromatic N) is 4. The van der Waals surface area contributed by atoms with Gasteiger partial charge in [-0.3, -0.25) is 9.78 Å². The first-order chi connectivity index (χ1) is 11.6. The van der Waals surface area contributed by atoms with E-state index in [-0.39, 0.29) is 11.6 Å². The molecule has 0 radical (unpaired) electrons. The minimum absolute atomic E-state index is 0.0675. The second-order valence-electron chi connectivity index (χ2n) is 5.60. The van der Waals surface area contributed by atoms with Gasteiger partial charge >= 0.3 is 5.97 Å². The number of carbonyl (C=O) groups is 2. The quantitative estimate of drug-likeness (QED) is 0.903. The van der Waals surface area contributed by atoms with Gasteiger partial charge in [0.05, 0.1) is 18.8 Å². The molecule has 1 fully saturated rings. The van der Waals surface area contributed by atoms with Crippen LogP contribution >= 0.6 is 11.3 Å². The van der Waals surface area contributed by atoms with Gasteiger partial charge in [-0.2, -0.15) is 11.3 Å². The van der Waals surface area contributed by atoms with Crippen LogP contribution in [0.2, 0.25) is 0 Å². The Morgan fingerprint density at radius 1 is 1.21 bits per heavy atom. The number of aromatic nitrogens is 2. The molecule has 0 atom stereocenters. The number of hydrogen-bond donors (Lipinski definition) is 1. The van der Waals surface area contributed by atoms with E-state index in [9.17, 15) is 9.59 Å². The zero-order valence-electron chi connectivity index (χ0n) is 13.1. The Balaban J connectivity index is 1.63. The average Bonchev–Trinajstić information content (AvgIpc) is 2.96. The van der Waals surface area contributed by atoms with E-state index < -0.39 is 5.97 Å². The summed E-state index contributed by atoms with van der Waals surface area (Å²) in [4.78, 5) is 35.4. The van der Waals surface area contributed by atoms with Crippen molar-refractivity contribution in [3.05, 3.63) is 40.5 Å². The largest absolute Gasteiger partial charge is 0.476 e. The molecule has 7 nitrogen and oxygen atoms in total. The smallest absolute Gasteiger partial charge is 0.356 e. The first-order valence-electron chi connectivity index (χ1n) is 7.72. The number of anilines is 1. The van der Waals surface area contributed by atoms with E-state index in [0.717, 1.165) is 18.5 Å². The fourth-order valence-corrected chi connectivity index (χ4v) is 3.36. The standard InChI is InChI=1S/C16H18N4O3S/c21-15(8-12-2-7-24-11-12)20-4-1-3-19(5-6-20)14-10-17-9-13(18-14)16(22)23/h2,7,9-11H,1,3-6,8H2,(H,22,23). The fraction of sp³-hybridized carbons (Fsp3) is 0.375. The first-order valence-corrected chi connectivity index (χ1v) is 8.67. The van der Waals surface area contributed by atoms with Crippen molar-refractivity contribution < 1.29 is 14.7 Å². The summed E-state index contributed by atoms with van der Waals surface area (Å²) in [5, 5.41) is 13.0. The van der Waals surface area contributed by atoms with E-state index in [0.29, 0.717) is 31.9 Å². The van der Waals surface area contributed by atoms with Crippen molar-refractivity contribution in [1.82, 2.24) is 14.9 Å². The van der Waals surface area contributed by atoms with Gasteiger partial charge in [0.1, 0.15) is 5.82 Å². The van der Waals surface area contributed by atoms with E-state index in [1.807, 2.05) is 26.6 Å². The third-order valence-electron chi connectivity index (χ3n) is 3.95. The molecule has 0 spiro atoms. The Morgan fingerprint density at radius 3 is 2.83 bits per heavy atom. The first kappa shape index (κ1) is 16.4. The maximum absolute atomic E-state index is 12.4. The molecule has 2 aromatic rings. The van der Waals surface area contributed by atoms with Gasteiger partial charge in [0.25, 0.3) is 0 Å². The third-order valence-corrected chi connectivity index (χ3v) is 4.68. The van der Waals surface area contributed by atoms with Crippen LogP contribution in [-0.2, 0) is 11.2 Å². The maximum atomic E-state index is 12.4. The molecule has 1 aliphatic heterocycles. The number of carboxylic acid groups (broad SMARTS) is 1. The van der Waals surface area contributed by atoms with Crippen LogP contribution in [0.4, 0.5) is 5.82 Å². The lowest BCUT2D eigenvalue weighted by atomic mass is 10.2. The number of carbonyl (C=O) groups excluding carboxylic acids is 1. The van der Waals surface area contributed by atoms with Crippen molar-refractivity contribution in [2.45, 2.75) is 12.8 Å². The number of carboxylic acids is 1. The van der Waals surface area contributed by atoms with Crippen LogP contribution in [0.25, 0.3) is 0 Å². The normalized spacial score (nSPS) is 15.2. The zero-order valence-corrected chi connectivity index (χ0v) is 13.9.